The molecule has 1 unspecified atom stereocenters. The highest BCUT2D eigenvalue weighted by Gasteiger charge is 2.17. The first kappa shape index (κ1) is 14.0. The number of methoxy groups -OCH3 is 1. The number of rotatable bonds is 4. The Hall–Kier alpha value is -2.02. The van der Waals surface area contributed by atoms with Crippen LogP contribution in [0.5, 0.6) is 0 Å². The fourth-order valence-corrected chi connectivity index (χ4v) is 1.15. The van der Waals surface area contributed by atoms with Gasteiger partial charge >= 0.3 is 5.97 Å². The summed E-state index contributed by atoms with van der Waals surface area (Å²) >= 11 is 0. The zero-order chi connectivity index (χ0) is 13.7. The van der Waals surface area contributed by atoms with E-state index in [0.29, 0.717) is 0 Å². The van der Waals surface area contributed by atoms with Crippen LogP contribution >= 0.6 is 0 Å². The topological polar surface area (TPSA) is 75.6 Å². The third-order valence-corrected chi connectivity index (χ3v) is 2.11. The van der Waals surface area contributed by atoms with Crippen molar-refractivity contribution in [3.8, 4) is 0 Å². The van der Waals surface area contributed by atoms with Crippen LogP contribution in [-0.4, -0.2) is 36.7 Å². The second-order valence-electron chi connectivity index (χ2n) is 3.38. The number of halogens is 2. The lowest BCUT2D eigenvalue weighted by Crippen LogP contribution is -2.37. The first-order chi connectivity index (χ1) is 8.45. The second kappa shape index (κ2) is 6.06. The molecule has 2 N–H and O–H groups in total. The maximum atomic E-state index is 12.8. The van der Waals surface area contributed by atoms with Gasteiger partial charge in [0.15, 0.2) is 17.7 Å². The minimum Gasteiger partial charge on any atom is -0.467 e. The molecule has 7 heteroatoms. The van der Waals surface area contributed by atoms with E-state index in [4.69, 9.17) is 0 Å². The van der Waals surface area contributed by atoms with Crippen molar-refractivity contribution in [1.82, 2.24) is 5.32 Å². The predicted molar refractivity (Wildman–Crippen MR) is 56.7 cm³/mol. The van der Waals surface area contributed by atoms with E-state index in [0.717, 1.165) is 25.3 Å². The summed E-state index contributed by atoms with van der Waals surface area (Å²) in [4.78, 5) is 22.3. The van der Waals surface area contributed by atoms with Crippen LogP contribution in [0.25, 0.3) is 0 Å². The molecule has 0 fully saturated rings. The van der Waals surface area contributed by atoms with Gasteiger partial charge in [-0.05, 0) is 18.2 Å². The van der Waals surface area contributed by atoms with Gasteiger partial charge in [-0.15, -0.1) is 0 Å². The number of nitrogens with one attached hydrogen (secondary N) is 1. The summed E-state index contributed by atoms with van der Waals surface area (Å²) in [5.41, 5.74) is -0.119. The molecule has 1 aromatic rings. The van der Waals surface area contributed by atoms with Crippen LogP contribution in [0.1, 0.15) is 10.4 Å². The summed E-state index contributed by atoms with van der Waals surface area (Å²) in [7, 11) is 1.09. The molecule has 0 aliphatic carbocycles. The van der Waals surface area contributed by atoms with Crippen molar-refractivity contribution in [2.45, 2.75) is 6.10 Å². The Balaban J connectivity index is 2.60. The van der Waals surface area contributed by atoms with Gasteiger partial charge in [-0.25, -0.2) is 13.6 Å². The molecule has 0 saturated heterocycles. The lowest BCUT2D eigenvalue weighted by atomic mass is 10.2. The van der Waals surface area contributed by atoms with Crippen LogP contribution in [0.3, 0.4) is 0 Å². The van der Waals surface area contributed by atoms with E-state index in [2.05, 4.69) is 10.1 Å². The highest BCUT2D eigenvalue weighted by atomic mass is 19.2. The summed E-state index contributed by atoms with van der Waals surface area (Å²) in [6.45, 7) is -0.384. The van der Waals surface area contributed by atoms with Gasteiger partial charge < -0.3 is 15.2 Å². The molecule has 0 aromatic heterocycles. The highest BCUT2D eigenvalue weighted by molar-refractivity contribution is 5.94. The van der Waals surface area contributed by atoms with Gasteiger partial charge in [0.25, 0.3) is 5.91 Å². The van der Waals surface area contributed by atoms with Crippen LogP contribution in [0, 0.1) is 11.6 Å². The Kier molecular flexibility index (Phi) is 4.73. The van der Waals surface area contributed by atoms with Gasteiger partial charge in [-0.2, -0.15) is 0 Å². The summed E-state index contributed by atoms with van der Waals surface area (Å²) in [5.74, 6) is -3.87. The molecule has 0 spiro atoms. The van der Waals surface area contributed by atoms with Gasteiger partial charge in [0.2, 0.25) is 0 Å². The lowest BCUT2D eigenvalue weighted by molar-refractivity contribution is -0.149. The largest absolute Gasteiger partial charge is 0.467 e. The number of hydrogen-bond acceptors (Lipinski definition) is 4. The number of carbonyl (C=O) groups is 2. The van der Waals surface area contributed by atoms with E-state index in [1.54, 1.807) is 0 Å². The van der Waals surface area contributed by atoms with E-state index >= 15 is 0 Å². The molecule has 0 bridgehead atoms. The maximum Gasteiger partial charge on any atom is 0.336 e. The van der Waals surface area contributed by atoms with Crippen molar-refractivity contribution < 1.29 is 28.2 Å². The third kappa shape index (κ3) is 3.49. The average Bonchev–Trinajstić information content (AvgIpc) is 2.37. The Bertz CT molecular complexity index is 464. The molecule has 98 valence electrons. The maximum absolute atomic E-state index is 12.8. The highest BCUT2D eigenvalue weighted by Crippen LogP contribution is 2.08. The normalized spacial score (nSPS) is 11.8. The van der Waals surface area contributed by atoms with Crippen molar-refractivity contribution in [2.75, 3.05) is 13.7 Å². The first-order valence-corrected chi connectivity index (χ1v) is 4.95. The monoisotopic (exact) mass is 259 g/mol. The standard InChI is InChI=1S/C11H11F2NO4/c1-18-11(17)9(15)5-14-10(16)6-2-3-7(12)8(13)4-6/h2-4,9,15H,5H2,1H3,(H,14,16). The van der Waals surface area contributed by atoms with Crippen molar-refractivity contribution in [1.29, 1.82) is 0 Å². The molecule has 0 aliphatic heterocycles. The Labute approximate surface area is 101 Å². The number of benzene rings is 1. The molecule has 1 atom stereocenters. The van der Waals surface area contributed by atoms with Gasteiger partial charge in [0.05, 0.1) is 13.7 Å². The fourth-order valence-electron chi connectivity index (χ4n) is 1.15. The number of hydrogen-bond donors (Lipinski definition) is 2. The van der Waals surface area contributed by atoms with Gasteiger partial charge in [0.1, 0.15) is 0 Å². The molecule has 0 saturated carbocycles. The first-order valence-electron chi connectivity index (χ1n) is 4.95. The van der Waals surface area contributed by atoms with Crippen LogP contribution in [0.2, 0.25) is 0 Å². The summed E-state index contributed by atoms with van der Waals surface area (Å²) < 4.78 is 29.7. The SMILES string of the molecule is COC(=O)C(O)CNC(=O)c1ccc(F)c(F)c1. The summed E-state index contributed by atoms with van der Waals surface area (Å²) in [5, 5.41) is 11.4. The van der Waals surface area contributed by atoms with E-state index < -0.39 is 29.6 Å². The fraction of sp³-hybridized carbons (Fsp3) is 0.273. The number of carbonyl (C=O) groups excluding carboxylic acids is 2. The number of ether oxygens (including phenoxy) is 1. The van der Waals surface area contributed by atoms with Crippen LogP contribution in [0.15, 0.2) is 18.2 Å². The Morgan fingerprint density at radius 2 is 2.06 bits per heavy atom. The van der Waals surface area contributed by atoms with Crippen LogP contribution in [0.4, 0.5) is 8.78 Å². The molecule has 18 heavy (non-hydrogen) atoms. The van der Waals surface area contributed by atoms with Gasteiger partial charge in [-0.3, -0.25) is 4.79 Å². The van der Waals surface area contributed by atoms with Crippen molar-refractivity contribution in [2.24, 2.45) is 0 Å². The Morgan fingerprint density at radius 3 is 2.61 bits per heavy atom. The predicted octanol–water partition coefficient (Wildman–Crippen LogP) is 0.228. The second-order valence-corrected chi connectivity index (χ2v) is 3.38. The summed E-state index contributed by atoms with van der Waals surface area (Å²) in [6.07, 6.45) is -1.51. The zero-order valence-electron chi connectivity index (χ0n) is 9.44. The molecular weight excluding hydrogens is 248 g/mol. The number of aliphatic hydroxyl groups excluding tert-OH is 1. The zero-order valence-corrected chi connectivity index (χ0v) is 9.44. The van der Waals surface area contributed by atoms with Crippen molar-refractivity contribution >= 4 is 11.9 Å². The molecule has 0 aliphatic rings. The molecule has 5 nitrogen and oxygen atoms in total. The van der Waals surface area contributed by atoms with Crippen molar-refractivity contribution in [3.63, 3.8) is 0 Å². The average molecular weight is 259 g/mol. The molecule has 0 heterocycles. The number of aliphatic hydroxyl groups is 1. The van der Waals surface area contributed by atoms with Gasteiger partial charge in [-0.1, -0.05) is 0 Å². The van der Waals surface area contributed by atoms with Crippen molar-refractivity contribution in [3.05, 3.63) is 35.4 Å². The molecular formula is C11H11F2NO4. The lowest BCUT2D eigenvalue weighted by Gasteiger charge is -2.09. The smallest absolute Gasteiger partial charge is 0.336 e. The minimum absolute atomic E-state index is 0.119. The molecule has 1 amide bonds. The Morgan fingerprint density at radius 1 is 1.39 bits per heavy atom. The van der Waals surface area contributed by atoms with E-state index in [-0.39, 0.29) is 12.1 Å². The summed E-state index contributed by atoms with van der Waals surface area (Å²) in [6, 6.07) is 2.61. The molecule has 1 aromatic carbocycles. The van der Waals surface area contributed by atoms with Crippen LogP contribution < -0.4 is 5.32 Å². The van der Waals surface area contributed by atoms with Crippen LogP contribution in [-0.2, 0) is 9.53 Å². The van der Waals surface area contributed by atoms with E-state index in [1.807, 2.05) is 0 Å². The quantitative estimate of drug-likeness (QED) is 0.759. The van der Waals surface area contributed by atoms with E-state index in [1.165, 1.54) is 0 Å². The molecule has 1 rings (SSSR count). The molecule has 0 radical (unpaired) electrons. The number of esters is 1. The third-order valence-electron chi connectivity index (χ3n) is 2.11. The number of amides is 1. The van der Waals surface area contributed by atoms with E-state index in [9.17, 15) is 23.5 Å². The minimum atomic E-state index is -1.51. The van der Waals surface area contributed by atoms with Gasteiger partial charge in [0, 0.05) is 5.56 Å².